The van der Waals surface area contributed by atoms with E-state index in [2.05, 4.69) is 15.9 Å². The summed E-state index contributed by atoms with van der Waals surface area (Å²) in [7, 11) is 0. The smallest absolute Gasteiger partial charge is 0.337 e. The molecule has 0 saturated carbocycles. The summed E-state index contributed by atoms with van der Waals surface area (Å²) in [4.78, 5) is 25.1. The number of nitriles is 1. The van der Waals surface area contributed by atoms with Gasteiger partial charge >= 0.3 is 5.97 Å². The van der Waals surface area contributed by atoms with Gasteiger partial charge in [-0.15, -0.1) is 0 Å². The van der Waals surface area contributed by atoms with Crippen LogP contribution >= 0.6 is 15.9 Å². The molecule has 1 aliphatic heterocycles. The van der Waals surface area contributed by atoms with Gasteiger partial charge in [-0.1, -0.05) is 19.9 Å². The number of carboxylic acid groups (broad SMARTS) is 1. The quantitative estimate of drug-likeness (QED) is 0.877. The standard InChI is InChI=1S/C17H17BrN2O3/c1-10(2)16(21)20-5-3-11(4-6-20)12-7-13(17(22)23)14(9-19)15(18)8-12/h3,7-8,10H,4-6H2,1-2H3,(H,22,23). The molecule has 6 heteroatoms. The number of amides is 1. The van der Waals surface area contributed by atoms with Gasteiger partial charge in [0.05, 0.1) is 11.1 Å². The Morgan fingerprint density at radius 2 is 2.09 bits per heavy atom. The average Bonchev–Trinajstić information content (AvgIpc) is 2.53. The summed E-state index contributed by atoms with van der Waals surface area (Å²) in [5.41, 5.74) is 1.86. The van der Waals surface area contributed by atoms with E-state index in [4.69, 9.17) is 5.26 Å². The molecule has 23 heavy (non-hydrogen) atoms. The van der Waals surface area contributed by atoms with E-state index in [0.717, 1.165) is 11.1 Å². The first-order valence-corrected chi connectivity index (χ1v) is 8.09. The Hall–Kier alpha value is -2.13. The van der Waals surface area contributed by atoms with Crippen molar-refractivity contribution in [1.82, 2.24) is 4.90 Å². The molecule has 0 saturated heterocycles. The number of aromatic carboxylic acids is 1. The van der Waals surface area contributed by atoms with Crippen LogP contribution in [0, 0.1) is 17.2 Å². The summed E-state index contributed by atoms with van der Waals surface area (Å²) in [6, 6.07) is 5.20. The van der Waals surface area contributed by atoms with Crippen LogP contribution in [0.25, 0.3) is 5.57 Å². The van der Waals surface area contributed by atoms with Crippen LogP contribution in [0.4, 0.5) is 0 Å². The van der Waals surface area contributed by atoms with Crippen LogP contribution in [0.2, 0.25) is 0 Å². The number of carbonyl (C=O) groups excluding carboxylic acids is 1. The maximum atomic E-state index is 12.0. The highest BCUT2D eigenvalue weighted by Crippen LogP contribution is 2.29. The van der Waals surface area contributed by atoms with Gasteiger partial charge in [0.25, 0.3) is 0 Å². The van der Waals surface area contributed by atoms with Gasteiger partial charge < -0.3 is 10.0 Å². The first-order chi connectivity index (χ1) is 10.8. The zero-order valence-corrected chi connectivity index (χ0v) is 14.6. The first kappa shape index (κ1) is 17.2. The molecular formula is C17H17BrN2O3. The van der Waals surface area contributed by atoms with Crippen molar-refractivity contribution in [3.63, 3.8) is 0 Å². The maximum Gasteiger partial charge on any atom is 0.337 e. The van der Waals surface area contributed by atoms with Gasteiger partial charge in [0, 0.05) is 23.5 Å². The van der Waals surface area contributed by atoms with E-state index in [1.807, 2.05) is 26.0 Å². The molecule has 5 nitrogen and oxygen atoms in total. The van der Waals surface area contributed by atoms with Crippen molar-refractivity contribution in [1.29, 1.82) is 5.26 Å². The minimum Gasteiger partial charge on any atom is -0.478 e. The minimum atomic E-state index is -1.13. The Balaban J connectivity index is 2.32. The largest absolute Gasteiger partial charge is 0.478 e. The van der Waals surface area contributed by atoms with E-state index in [9.17, 15) is 14.7 Å². The molecule has 0 atom stereocenters. The van der Waals surface area contributed by atoms with Crippen molar-refractivity contribution in [2.24, 2.45) is 5.92 Å². The third kappa shape index (κ3) is 3.62. The summed E-state index contributed by atoms with van der Waals surface area (Å²) in [6.07, 6.45) is 2.61. The highest BCUT2D eigenvalue weighted by molar-refractivity contribution is 9.10. The second kappa shape index (κ2) is 6.97. The third-order valence-corrected chi connectivity index (χ3v) is 4.44. The fourth-order valence-electron chi connectivity index (χ4n) is 2.57. The SMILES string of the molecule is CC(C)C(=O)N1CC=C(c2cc(Br)c(C#N)c(C(=O)O)c2)CC1. The second-order valence-electron chi connectivity index (χ2n) is 5.72. The highest BCUT2D eigenvalue weighted by Gasteiger charge is 2.22. The lowest BCUT2D eigenvalue weighted by Crippen LogP contribution is -2.37. The van der Waals surface area contributed by atoms with Crippen LogP contribution < -0.4 is 0 Å². The number of hydrogen-bond acceptors (Lipinski definition) is 3. The number of hydrogen-bond donors (Lipinski definition) is 1. The summed E-state index contributed by atoms with van der Waals surface area (Å²) in [5.74, 6) is -1.04. The predicted octanol–water partition coefficient (Wildman–Crippen LogP) is 3.29. The molecular weight excluding hydrogens is 360 g/mol. The molecule has 0 unspecified atom stereocenters. The summed E-state index contributed by atoms with van der Waals surface area (Å²) >= 11 is 3.27. The monoisotopic (exact) mass is 376 g/mol. The molecule has 1 amide bonds. The van der Waals surface area contributed by atoms with Crippen LogP contribution in [0.5, 0.6) is 0 Å². The zero-order valence-electron chi connectivity index (χ0n) is 13.0. The zero-order chi connectivity index (χ0) is 17.1. The molecule has 0 fully saturated rings. The number of carbonyl (C=O) groups is 2. The molecule has 1 aliphatic rings. The van der Waals surface area contributed by atoms with Crippen LogP contribution in [-0.4, -0.2) is 35.0 Å². The van der Waals surface area contributed by atoms with Crippen LogP contribution in [0.3, 0.4) is 0 Å². The van der Waals surface area contributed by atoms with E-state index in [0.29, 0.717) is 24.0 Å². The number of halogens is 1. The molecule has 0 bridgehead atoms. The maximum absolute atomic E-state index is 12.0. The number of benzene rings is 1. The lowest BCUT2D eigenvalue weighted by molar-refractivity contribution is -0.134. The molecule has 0 radical (unpaired) electrons. The third-order valence-electron chi connectivity index (χ3n) is 3.82. The molecule has 0 aromatic heterocycles. The van der Waals surface area contributed by atoms with Gasteiger partial charge in [-0.2, -0.15) is 5.26 Å². The predicted molar refractivity (Wildman–Crippen MR) is 89.8 cm³/mol. The summed E-state index contributed by atoms with van der Waals surface area (Å²) in [5, 5.41) is 18.4. The molecule has 1 aromatic carbocycles. The van der Waals surface area contributed by atoms with Crippen molar-refractivity contribution in [3.8, 4) is 6.07 Å². The van der Waals surface area contributed by atoms with Crippen molar-refractivity contribution >= 4 is 33.4 Å². The van der Waals surface area contributed by atoms with Crippen LogP contribution in [0.15, 0.2) is 22.7 Å². The second-order valence-corrected chi connectivity index (χ2v) is 6.57. The molecule has 2 rings (SSSR count). The van der Waals surface area contributed by atoms with Gasteiger partial charge in [0.15, 0.2) is 0 Å². The summed E-state index contributed by atoms with van der Waals surface area (Å²) < 4.78 is 0.469. The Labute approximate surface area is 143 Å². The average molecular weight is 377 g/mol. The molecule has 1 heterocycles. The number of carboxylic acids is 1. The molecule has 1 aromatic rings. The lowest BCUT2D eigenvalue weighted by atomic mass is 9.95. The van der Waals surface area contributed by atoms with Crippen molar-refractivity contribution < 1.29 is 14.7 Å². The Morgan fingerprint density at radius 3 is 2.57 bits per heavy atom. The fraction of sp³-hybridized carbons (Fsp3) is 0.353. The van der Waals surface area contributed by atoms with Gasteiger partial charge in [-0.25, -0.2) is 4.79 Å². The fourth-order valence-corrected chi connectivity index (χ4v) is 3.12. The topological polar surface area (TPSA) is 81.4 Å². The van der Waals surface area contributed by atoms with E-state index >= 15 is 0 Å². The Bertz CT molecular complexity index is 732. The van der Waals surface area contributed by atoms with Crippen LogP contribution in [0.1, 0.15) is 41.8 Å². The lowest BCUT2D eigenvalue weighted by Gasteiger charge is -2.28. The van der Waals surface area contributed by atoms with E-state index in [1.165, 1.54) is 6.07 Å². The van der Waals surface area contributed by atoms with Crippen molar-refractivity contribution in [2.45, 2.75) is 20.3 Å². The minimum absolute atomic E-state index is 0.0153. The first-order valence-electron chi connectivity index (χ1n) is 7.30. The van der Waals surface area contributed by atoms with Gasteiger partial charge in [0.2, 0.25) is 5.91 Å². The van der Waals surface area contributed by atoms with Gasteiger partial charge in [-0.3, -0.25) is 4.79 Å². The van der Waals surface area contributed by atoms with Gasteiger partial charge in [0.1, 0.15) is 6.07 Å². The Morgan fingerprint density at radius 1 is 1.39 bits per heavy atom. The number of nitrogens with zero attached hydrogens (tertiary/aromatic N) is 2. The highest BCUT2D eigenvalue weighted by atomic mass is 79.9. The van der Waals surface area contributed by atoms with Crippen molar-refractivity contribution in [3.05, 3.63) is 39.4 Å². The summed E-state index contributed by atoms with van der Waals surface area (Å²) in [6.45, 7) is 4.88. The normalized spacial score (nSPS) is 14.4. The Kier molecular flexibility index (Phi) is 5.22. The number of rotatable bonds is 3. The van der Waals surface area contributed by atoms with Crippen LogP contribution in [-0.2, 0) is 4.79 Å². The van der Waals surface area contributed by atoms with E-state index < -0.39 is 5.97 Å². The van der Waals surface area contributed by atoms with E-state index in [1.54, 1.807) is 11.0 Å². The van der Waals surface area contributed by atoms with Crippen molar-refractivity contribution in [2.75, 3.05) is 13.1 Å². The molecule has 0 aliphatic carbocycles. The van der Waals surface area contributed by atoms with Gasteiger partial charge in [-0.05, 0) is 45.6 Å². The molecule has 0 spiro atoms. The molecule has 120 valence electrons. The molecule has 1 N–H and O–H groups in total. The van der Waals surface area contributed by atoms with E-state index in [-0.39, 0.29) is 23.0 Å².